The maximum absolute atomic E-state index is 14.4. The minimum atomic E-state index is -4.14. The number of fused-ring (bicyclic) bond motifs is 1. The lowest BCUT2D eigenvalue weighted by atomic mass is 10.1. The van der Waals surface area contributed by atoms with E-state index in [4.69, 9.17) is 4.74 Å². The van der Waals surface area contributed by atoms with Crippen LogP contribution in [0.1, 0.15) is 15.9 Å². The van der Waals surface area contributed by atoms with Crippen molar-refractivity contribution in [1.29, 1.82) is 0 Å². The molecule has 1 fully saturated rings. The molecule has 0 bridgehead atoms. The van der Waals surface area contributed by atoms with Crippen LogP contribution in [0.4, 0.5) is 10.1 Å². The number of aliphatic carboxylic acids is 1. The van der Waals surface area contributed by atoms with E-state index in [2.05, 4.69) is 15.9 Å². The van der Waals surface area contributed by atoms with Gasteiger partial charge in [0.2, 0.25) is 10.0 Å². The first kappa shape index (κ1) is 23.6. The topological polar surface area (TPSA) is 107 Å². The number of amides is 1. The number of carbonyl (C=O) groups is 2. The van der Waals surface area contributed by atoms with Crippen molar-refractivity contribution in [2.45, 2.75) is 11.4 Å². The van der Waals surface area contributed by atoms with Gasteiger partial charge in [0.15, 0.2) is 0 Å². The molecule has 0 unspecified atom stereocenters. The number of halogens is 2. The number of carbonyl (C=O) groups excluding carboxylic acids is 1. The Balaban J connectivity index is 1.73. The summed E-state index contributed by atoms with van der Waals surface area (Å²) in [6.45, 7) is 0.554. The Kier molecular flexibility index (Phi) is 6.71. The van der Waals surface area contributed by atoms with Gasteiger partial charge in [0.05, 0.1) is 25.6 Å². The molecule has 9 nitrogen and oxygen atoms in total. The number of benzene rings is 2. The second-order valence-electron chi connectivity index (χ2n) is 7.67. The highest BCUT2D eigenvalue weighted by Crippen LogP contribution is 2.35. The smallest absolute Gasteiger partial charge is 0.323 e. The Morgan fingerprint density at radius 1 is 1.12 bits per heavy atom. The first-order valence-corrected chi connectivity index (χ1v) is 12.3. The average Bonchev–Trinajstić information content (AvgIpc) is 2.78. The van der Waals surface area contributed by atoms with Gasteiger partial charge in [-0.1, -0.05) is 22.0 Å². The average molecular weight is 542 g/mol. The normalized spacial score (nSPS) is 18.1. The van der Waals surface area contributed by atoms with Crippen molar-refractivity contribution >= 4 is 43.5 Å². The second kappa shape index (κ2) is 9.37. The SMILES string of the molecule is O=C(O)CN1CN(Cc2ccc(Br)cc2F)S(=O)(=O)c2cc(C(=O)N3CCOCC3)ccc21. The van der Waals surface area contributed by atoms with Crippen molar-refractivity contribution in [1.82, 2.24) is 9.21 Å². The highest BCUT2D eigenvalue weighted by atomic mass is 79.9. The lowest BCUT2D eigenvalue weighted by molar-refractivity contribution is -0.135. The van der Waals surface area contributed by atoms with Crippen LogP contribution in [0.15, 0.2) is 45.8 Å². The van der Waals surface area contributed by atoms with Crippen molar-refractivity contribution in [3.05, 3.63) is 57.8 Å². The van der Waals surface area contributed by atoms with Crippen LogP contribution in [0.25, 0.3) is 0 Å². The van der Waals surface area contributed by atoms with Gasteiger partial charge in [-0.15, -0.1) is 0 Å². The van der Waals surface area contributed by atoms with Crippen molar-refractivity contribution in [2.75, 3.05) is 44.4 Å². The summed E-state index contributed by atoms with van der Waals surface area (Å²) in [7, 11) is -4.14. The van der Waals surface area contributed by atoms with Crippen molar-refractivity contribution < 1.29 is 32.2 Å². The van der Waals surface area contributed by atoms with Crippen LogP contribution in [0.5, 0.6) is 0 Å². The van der Waals surface area contributed by atoms with Crippen LogP contribution < -0.4 is 4.90 Å². The molecule has 12 heteroatoms. The number of ether oxygens (including phenoxy) is 1. The van der Waals surface area contributed by atoms with Gasteiger partial charge in [0.25, 0.3) is 5.91 Å². The van der Waals surface area contributed by atoms with Gasteiger partial charge in [-0.2, -0.15) is 4.31 Å². The standard InChI is InChI=1S/C21H21BrFN3O6S/c22-16-3-1-15(17(23)10-16)11-26-13-25(12-20(27)28)18-4-2-14(9-19(18)33(26,30)31)21(29)24-5-7-32-8-6-24/h1-4,9-10H,5-8,11-13H2,(H,27,28). The monoisotopic (exact) mass is 541 g/mol. The van der Waals surface area contributed by atoms with Crippen LogP contribution in [0, 0.1) is 5.82 Å². The van der Waals surface area contributed by atoms with E-state index in [-0.39, 0.29) is 40.8 Å². The molecular weight excluding hydrogens is 521 g/mol. The van der Waals surface area contributed by atoms with Gasteiger partial charge in [-0.25, -0.2) is 12.8 Å². The highest BCUT2D eigenvalue weighted by molar-refractivity contribution is 9.10. The van der Waals surface area contributed by atoms with Crippen LogP contribution in [-0.2, 0) is 26.1 Å². The van der Waals surface area contributed by atoms with Crippen LogP contribution in [0.3, 0.4) is 0 Å². The number of anilines is 1. The van der Waals surface area contributed by atoms with Crippen LogP contribution >= 0.6 is 15.9 Å². The summed E-state index contributed by atoms with van der Waals surface area (Å²) in [5.41, 5.74) is 0.496. The molecule has 2 aliphatic heterocycles. The van der Waals surface area contributed by atoms with E-state index in [1.807, 2.05) is 0 Å². The Morgan fingerprint density at radius 3 is 2.52 bits per heavy atom. The van der Waals surface area contributed by atoms with E-state index in [0.29, 0.717) is 30.8 Å². The first-order valence-electron chi connectivity index (χ1n) is 10.1. The zero-order chi connectivity index (χ0) is 23.8. The third kappa shape index (κ3) is 4.88. The van der Waals surface area contributed by atoms with Crippen molar-refractivity contribution in [2.24, 2.45) is 0 Å². The number of hydrogen-bond donors (Lipinski definition) is 1. The third-order valence-corrected chi connectivity index (χ3v) is 7.78. The molecule has 1 amide bonds. The van der Waals surface area contributed by atoms with Gasteiger partial charge in [0, 0.05) is 35.2 Å². The summed E-state index contributed by atoms with van der Waals surface area (Å²) < 4.78 is 48.1. The minimum Gasteiger partial charge on any atom is -0.480 e. The molecule has 33 heavy (non-hydrogen) atoms. The molecule has 176 valence electrons. The number of carboxylic acid groups (broad SMARTS) is 1. The molecule has 0 aromatic heterocycles. The maximum Gasteiger partial charge on any atom is 0.323 e. The van der Waals surface area contributed by atoms with Gasteiger partial charge in [0.1, 0.15) is 17.3 Å². The van der Waals surface area contributed by atoms with Crippen molar-refractivity contribution in [3.63, 3.8) is 0 Å². The fourth-order valence-corrected chi connectivity index (χ4v) is 5.77. The summed E-state index contributed by atoms with van der Waals surface area (Å²) in [5, 5.41) is 9.34. The number of sulfonamides is 1. The molecule has 0 radical (unpaired) electrons. The first-order chi connectivity index (χ1) is 15.7. The molecule has 0 atom stereocenters. The zero-order valence-electron chi connectivity index (χ0n) is 17.4. The van der Waals surface area contributed by atoms with Gasteiger partial charge in [-0.05, 0) is 30.3 Å². The largest absolute Gasteiger partial charge is 0.480 e. The molecule has 2 heterocycles. The van der Waals surface area contributed by atoms with E-state index in [0.717, 1.165) is 4.31 Å². The van der Waals surface area contributed by atoms with Crippen LogP contribution in [0.2, 0.25) is 0 Å². The van der Waals surface area contributed by atoms with Gasteiger partial charge >= 0.3 is 5.97 Å². The lowest BCUT2D eigenvalue weighted by Gasteiger charge is -2.37. The third-order valence-electron chi connectivity index (χ3n) is 5.48. The highest BCUT2D eigenvalue weighted by Gasteiger charge is 2.37. The van der Waals surface area contributed by atoms with Crippen molar-refractivity contribution in [3.8, 4) is 0 Å². The Bertz CT molecular complexity index is 1200. The predicted molar refractivity (Wildman–Crippen MR) is 120 cm³/mol. The molecule has 1 saturated heterocycles. The Labute approximate surface area is 198 Å². The lowest BCUT2D eigenvalue weighted by Crippen LogP contribution is -2.48. The number of rotatable bonds is 5. The molecule has 2 aliphatic rings. The molecule has 0 spiro atoms. The number of hydrogen-bond acceptors (Lipinski definition) is 6. The number of morpholine rings is 1. The minimum absolute atomic E-state index is 0.140. The van der Waals surface area contributed by atoms with E-state index in [9.17, 15) is 27.5 Å². The summed E-state index contributed by atoms with van der Waals surface area (Å²) in [4.78, 5) is 27.1. The van der Waals surface area contributed by atoms with E-state index < -0.39 is 28.4 Å². The Hall–Kier alpha value is -2.54. The summed E-state index contributed by atoms with van der Waals surface area (Å²) in [5.74, 6) is -2.08. The summed E-state index contributed by atoms with van der Waals surface area (Å²) in [6.07, 6.45) is 0. The molecule has 0 aliphatic carbocycles. The predicted octanol–water partition coefficient (Wildman–Crippen LogP) is 2.11. The second-order valence-corrected chi connectivity index (χ2v) is 10.5. The zero-order valence-corrected chi connectivity index (χ0v) is 19.8. The fraction of sp³-hybridized carbons (Fsp3) is 0.333. The molecule has 2 aromatic rings. The quantitative estimate of drug-likeness (QED) is 0.617. The summed E-state index contributed by atoms with van der Waals surface area (Å²) in [6, 6.07) is 8.49. The molecule has 2 aromatic carbocycles. The van der Waals surface area contributed by atoms with E-state index >= 15 is 0 Å². The number of nitrogens with zero attached hydrogens (tertiary/aromatic N) is 3. The molecule has 1 N–H and O–H groups in total. The maximum atomic E-state index is 14.4. The molecule has 4 rings (SSSR count). The molecule has 0 saturated carbocycles. The molecular formula is C21H21BrFN3O6S. The van der Waals surface area contributed by atoms with Gasteiger partial charge in [-0.3, -0.25) is 9.59 Å². The summed E-state index contributed by atoms with van der Waals surface area (Å²) >= 11 is 3.17. The fourth-order valence-electron chi connectivity index (χ4n) is 3.82. The van der Waals surface area contributed by atoms with E-state index in [1.165, 1.54) is 35.2 Å². The van der Waals surface area contributed by atoms with Gasteiger partial charge < -0.3 is 19.6 Å². The number of carboxylic acids is 1. The Morgan fingerprint density at radius 2 is 1.85 bits per heavy atom. The van der Waals surface area contributed by atoms with E-state index in [1.54, 1.807) is 11.0 Å². The van der Waals surface area contributed by atoms with Crippen LogP contribution in [-0.4, -0.2) is 74.1 Å².